The average Bonchev–Trinajstić information content (AvgIpc) is 1.65. The van der Waals surface area contributed by atoms with E-state index in [-0.39, 0.29) is 50.0 Å². The normalized spacial score (nSPS) is 36.9. The molecule has 30 nitrogen and oxygen atoms in total. The number of carbonyl (C=O) groups excluding carboxylic acids is 8. The number of β-amino-alcohol motifs (C(OH)–C–C–N with tert-alkyl or cyclic N) is 1. The molecular weight excluding hydrogens is 1510 g/mol. The van der Waals surface area contributed by atoms with Gasteiger partial charge in [0.05, 0.1) is 66.6 Å². The zero-order valence-electron chi connectivity index (χ0n) is 69.9. The van der Waals surface area contributed by atoms with Gasteiger partial charge < -0.3 is 102 Å². The smallest absolute Gasteiger partial charge is 0.407 e. The van der Waals surface area contributed by atoms with Gasteiger partial charge in [0.15, 0.2) is 36.0 Å². The summed E-state index contributed by atoms with van der Waals surface area (Å²) in [5.74, 6) is -6.56. The molecule has 0 aromatic heterocycles. The maximum Gasteiger partial charge on any atom is 0.407 e. The Hall–Kier alpha value is -7.46. The van der Waals surface area contributed by atoms with Crippen LogP contribution in [0.4, 0.5) is 9.59 Å². The van der Waals surface area contributed by atoms with Crippen LogP contribution in [0, 0.1) is 33.5 Å². The third-order valence-electron chi connectivity index (χ3n) is 26.7. The van der Waals surface area contributed by atoms with Gasteiger partial charge in [0.25, 0.3) is 0 Å². The predicted octanol–water partition coefficient (Wildman–Crippen LogP) is 7.87. The fraction of sp³-hybridized carbons (Fsp3) is 0.698. The minimum atomic E-state index is -2.05. The summed E-state index contributed by atoms with van der Waals surface area (Å²) in [5, 5.41) is 65.3. The average molecular weight is 1630 g/mol. The molecule has 640 valence electrons. The molecule has 6 aliphatic carbocycles. The predicted molar refractivity (Wildman–Crippen MR) is 412 cm³/mol. The number of amides is 2. The van der Waals surface area contributed by atoms with Gasteiger partial charge in [0.2, 0.25) is 0 Å². The van der Waals surface area contributed by atoms with Crippen LogP contribution in [0.3, 0.4) is 0 Å². The van der Waals surface area contributed by atoms with Crippen LogP contribution >= 0.6 is 0 Å². The Bertz CT molecular complexity index is 4130. The van der Waals surface area contributed by atoms with E-state index in [4.69, 9.17) is 66.3 Å². The van der Waals surface area contributed by atoms with E-state index < -0.39 is 219 Å². The van der Waals surface area contributed by atoms with E-state index in [1.807, 2.05) is 46.4 Å². The number of hydrogen-bond donors (Lipinski definition) is 7. The first-order valence-corrected chi connectivity index (χ1v) is 40.6. The number of benzene rings is 2. The van der Waals surface area contributed by atoms with Crippen LogP contribution in [-0.2, 0) is 85.5 Å². The highest BCUT2D eigenvalue weighted by atomic mass is 16.7. The molecule has 4 bridgehead atoms. The van der Waals surface area contributed by atoms with Crippen molar-refractivity contribution >= 4 is 48.0 Å². The summed E-state index contributed by atoms with van der Waals surface area (Å²) in [6.07, 6.45) is -13.8. The van der Waals surface area contributed by atoms with Gasteiger partial charge in [0, 0.05) is 68.0 Å². The van der Waals surface area contributed by atoms with Crippen molar-refractivity contribution in [1.82, 2.24) is 15.5 Å². The number of likely N-dealkylation sites (tertiary alicyclic amines) is 1. The van der Waals surface area contributed by atoms with Crippen molar-refractivity contribution in [2.45, 2.75) is 314 Å². The molecule has 5 heterocycles. The van der Waals surface area contributed by atoms with Crippen molar-refractivity contribution in [2.24, 2.45) is 33.5 Å². The van der Waals surface area contributed by atoms with E-state index in [0.29, 0.717) is 67.6 Å². The molecule has 0 radical (unpaired) electrons. The number of alkyl carbamates (subject to hydrolysis) is 2. The molecule has 30 heteroatoms. The molecule has 4 saturated carbocycles. The van der Waals surface area contributed by atoms with Crippen molar-refractivity contribution in [3.05, 3.63) is 107 Å². The number of ether oxygens (including phenoxy) is 14. The molecule has 2 amide bonds. The molecular formula is C86H119N3O27. The molecule has 24 atom stereocenters. The van der Waals surface area contributed by atoms with Crippen molar-refractivity contribution in [3.8, 4) is 0 Å². The standard InChI is InChI=1S/C44H62N2O14.C42H57NO13/c1-10-27(45-39(52)60-40(4,5)6)32(49)38(51)55-28-18-44(53)36(58-37(50)25-14-12-11-13-15-25)34-42(9,17-16-29-43(34,22-54-29)59-24(3)47)35-33(31(23(28)2)41(44,7)8)56-30(57-35)21-46-19-26(48)20-46;1-11-25(43-37(48)56-38(5,6)7)30(45)36(47)51-26-20-42(49)34(54-35(46)24-16-14-13-15-17-24)32-40(10,19-18-27-41(32,21-50-27)55-23(4)44)33-31(52-28(12-2)53-33)29(22(26)3)39(42,8)9/h11-15,26-30,32-36,48-49,53H,10,16-22H2,1-9H3,(H,45,52);12-17,25-28,30-34,45,49H,2,11,18-21H2,1,3-10H3,(H,43,48)/t27-,28-,29+,30+,32+,33+,34-,35+,36-,42+,43-,44+;25-,26-,27+,28+,30+,31+,32-,33+,34-,40+,41-,42+/m00/s1. The molecule has 13 rings (SSSR count). The Morgan fingerprint density at radius 1 is 0.586 bits per heavy atom. The van der Waals surface area contributed by atoms with E-state index in [0.717, 1.165) is 0 Å². The van der Waals surface area contributed by atoms with Crippen LogP contribution in [0.5, 0.6) is 0 Å². The Kier molecular flexibility index (Phi) is 24.4. The minimum absolute atomic E-state index is 0.0219. The van der Waals surface area contributed by atoms with E-state index in [9.17, 15) is 63.9 Å². The van der Waals surface area contributed by atoms with Crippen molar-refractivity contribution in [3.63, 3.8) is 0 Å². The second kappa shape index (κ2) is 32.3. The van der Waals surface area contributed by atoms with Gasteiger partial charge in [-0.05, 0) is 147 Å². The summed E-state index contributed by atoms with van der Waals surface area (Å²) in [5.41, 5.74) is -10.2. The molecule has 5 saturated heterocycles. The summed E-state index contributed by atoms with van der Waals surface area (Å²) in [6, 6.07) is 14.6. The van der Waals surface area contributed by atoms with Crippen LogP contribution in [0.1, 0.15) is 197 Å². The number of carbonyl (C=O) groups is 8. The van der Waals surface area contributed by atoms with Crippen LogP contribution in [-0.4, -0.2) is 249 Å². The van der Waals surface area contributed by atoms with Gasteiger partial charge in [-0.1, -0.05) is 98.4 Å². The van der Waals surface area contributed by atoms with Gasteiger partial charge in [0.1, 0.15) is 71.2 Å². The Labute approximate surface area is 677 Å². The lowest BCUT2D eigenvalue weighted by atomic mass is 9.45. The second-order valence-corrected chi connectivity index (χ2v) is 37.0. The minimum Gasteiger partial charge on any atom is -0.456 e. The number of aliphatic hydroxyl groups excluding tert-OH is 3. The first-order valence-electron chi connectivity index (χ1n) is 40.6. The van der Waals surface area contributed by atoms with Crippen molar-refractivity contribution in [1.29, 1.82) is 0 Å². The number of fused-ring (bicyclic) bond motifs is 16. The van der Waals surface area contributed by atoms with Crippen molar-refractivity contribution in [2.75, 3.05) is 32.8 Å². The fourth-order valence-electron chi connectivity index (χ4n) is 20.9. The van der Waals surface area contributed by atoms with E-state index in [1.54, 1.807) is 130 Å². The third kappa shape index (κ3) is 15.7. The highest BCUT2D eigenvalue weighted by Crippen LogP contribution is 2.69. The van der Waals surface area contributed by atoms with Gasteiger partial charge in [-0.15, -0.1) is 0 Å². The first-order chi connectivity index (χ1) is 54.2. The van der Waals surface area contributed by atoms with E-state index in [2.05, 4.69) is 17.2 Å². The Morgan fingerprint density at radius 3 is 1.32 bits per heavy atom. The summed E-state index contributed by atoms with van der Waals surface area (Å²) in [6.45, 7) is 36.1. The van der Waals surface area contributed by atoms with Gasteiger partial charge in [-0.3, -0.25) is 14.5 Å². The zero-order chi connectivity index (χ0) is 84.9. The molecule has 2 aromatic carbocycles. The number of aliphatic hydroxyl groups is 5. The highest BCUT2D eigenvalue weighted by Gasteiger charge is 2.80. The quantitative estimate of drug-likeness (QED) is 0.0399. The summed E-state index contributed by atoms with van der Waals surface area (Å²) in [4.78, 5) is 110. The molecule has 7 N–H and O–H groups in total. The van der Waals surface area contributed by atoms with Crippen LogP contribution < -0.4 is 10.6 Å². The summed E-state index contributed by atoms with van der Waals surface area (Å²) in [7, 11) is 0. The number of rotatable bonds is 19. The van der Waals surface area contributed by atoms with Crippen LogP contribution in [0.2, 0.25) is 0 Å². The maximum atomic E-state index is 14.4. The number of hydrogen-bond acceptors (Lipinski definition) is 28. The van der Waals surface area contributed by atoms with Gasteiger partial charge in [-0.2, -0.15) is 0 Å². The number of nitrogens with zero attached hydrogens (tertiary/aromatic N) is 1. The molecule has 0 unspecified atom stereocenters. The summed E-state index contributed by atoms with van der Waals surface area (Å²) >= 11 is 0. The molecule has 0 spiro atoms. The largest absolute Gasteiger partial charge is 0.456 e. The van der Waals surface area contributed by atoms with Crippen LogP contribution in [0.15, 0.2) is 95.6 Å². The fourth-order valence-corrected chi connectivity index (χ4v) is 20.9. The maximum absolute atomic E-state index is 14.4. The molecule has 2 aromatic rings. The third-order valence-corrected chi connectivity index (χ3v) is 26.7. The molecule has 11 aliphatic rings. The van der Waals surface area contributed by atoms with Gasteiger partial charge in [-0.25, -0.2) is 28.8 Å². The first kappa shape index (κ1) is 87.8. The Morgan fingerprint density at radius 2 is 0.974 bits per heavy atom. The van der Waals surface area contributed by atoms with Gasteiger partial charge >= 0.3 is 48.0 Å². The molecule has 116 heavy (non-hydrogen) atoms. The van der Waals surface area contributed by atoms with Crippen LogP contribution in [0.25, 0.3) is 0 Å². The molecule has 5 aliphatic heterocycles. The topological polar surface area (TPSA) is 394 Å². The lowest BCUT2D eigenvalue weighted by molar-refractivity contribution is -0.345. The van der Waals surface area contributed by atoms with E-state index >= 15 is 0 Å². The number of nitrogens with one attached hydrogen (secondary N) is 2. The summed E-state index contributed by atoms with van der Waals surface area (Å²) < 4.78 is 88.1. The lowest BCUT2D eigenvalue weighted by Crippen LogP contribution is -2.79. The lowest BCUT2D eigenvalue weighted by Gasteiger charge is -2.68. The zero-order valence-corrected chi connectivity index (χ0v) is 69.9. The second-order valence-electron chi connectivity index (χ2n) is 37.0. The Balaban J connectivity index is 0.000000214. The highest BCUT2D eigenvalue weighted by molar-refractivity contribution is 5.90. The number of esters is 6. The molecule has 9 fully saturated rings. The van der Waals surface area contributed by atoms with Crippen molar-refractivity contribution < 1.29 is 130 Å². The van der Waals surface area contributed by atoms with E-state index in [1.165, 1.54) is 19.9 Å². The SMILES string of the molecule is C=C[C@@H]1O[C@@H]2C3=C(C)[C@@H](OC(=O)[C@H](O)[C@H](CC)NC(=O)OC(C)(C)C)C[C@@](O)([C@@H](OC(=O)c4ccccc4)[C@H]4[C@@](C)(CC[C@H]5OC[C@]54OC(C)=O)[C@@H]2O1)C3(C)C.CC[C@H](NC(=O)OC(C)(C)C)[C@@H](O)C(=O)O[C@H]1C[C@@]2(O)[C@@H](OC(=O)c3ccccc3)[C@H]3[C@@](C)(CC[C@H]4OC[C@]43OC(C)=O)[C@@H]3O[C@H](CN4CC(O)C4)O[C@@H]3C(=C1C)C2(C)C. The monoisotopic (exact) mass is 1630 g/mol.